The number of para-hydroxylation sites is 1. The normalized spacial score (nSPS) is 28.4. The molecule has 0 amide bonds. The summed E-state index contributed by atoms with van der Waals surface area (Å²) in [6.07, 6.45) is 5.56. The molecule has 2 nitrogen and oxygen atoms in total. The van der Waals surface area contributed by atoms with Crippen LogP contribution in [0.2, 0.25) is 0 Å². The van der Waals surface area contributed by atoms with Crippen LogP contribution in [0.25, 0.3) is 0 Å². The second kappa shape index (κ2) is 5.49. The summed E-state index contributed by atoms with van der Waals surface area (Å²) in [5.41, 5.74) is 1.19. The van der Waals surface area contributed by atoms with E-state index in [0.717, 1.165) is 23.5 Å². The van der Waals surface area contributed by atoms with Crippen molar-refractivity contribution in [1.29, 1.82) is 0 Å². The maximum atomic E-state index is 5.62. The third-order valence-electron chi connectivity index (χ3n) is 4.68. The number of benzene rings is 1. The van der Waals surface area contributed by atoms with E-state index >= 15 is 0 Å². The molecule has 1 N–H and O–H groups in total. The molecule has 2 saturated carbocycles. The molecule has 0 saturated heterocycles. The van der Waals surface area contributed by atoms with Crippen molar-refractivity contribution >= 4 is 23.0 Å². The Balaban J connectivity index is 1.65. The van der Waals surface area contributed by atoms with Crippen molar-refractivity contribution in [2.24, 2.45) is 11.8 Å². The maximum Gasteiger partial charge on any atom is 0.173 e. The lowest BCUT2D eigenvalue weighted by Gasteiger charge is -2.30. The molecule has 1 aromatic rings. The summed E-state index contributed by atoms with van der Waals surface area (Å²) in [6.45, 7) is 3.07. The molecule has 0 aromatic heterocycles. The Kier molecular flexibility index (Phi) is 3.74. The summed E-state index contributed by atoms with van der Waals surface area (Å²) in [7, 11) is 0. The highest BCUT2D eigenvalue weighted by atomic mass is 32.1. The molecule has 0 aliphatic heterocycles. The molecule has 0 spiro atoms. The molecule has 2 aliphatic rings. The largest absolute Gasteiger partial charge is 0.359 e. The molecule has 19 heavy (non-hydrogen) atoms. The van der Waals surface area contributed by atoms with E-state index in [2.05, 4.69) is 41.4 Å². The van der Waals surface area contributed by atoms with E-state index in [1.165, 1.54) is 31.4 Å². The van der Waals surface area contributed by atoms with Crippen LogP contribution in [0.5, 0.6) is 0 Å². The molecule has 0 heterocycles. The van der Waals surface area contributed by atoms with E-state index in [0.29, 0.717) is 6.04 Å². The van der Waals surface area contributed by atoms with Gasteiger partial charge in [-0.1, -0.05) is 24.6 Å². The fourth-order valence-electron chi connectivity index (χ4n) is 3.71. The van der Waals surface area contributed by atoms with Crippen LogP contribution in [0, 0.1) is 11.8 Å². The van der Waals surface area contributed by atoms with Crippen LogP contribution in [0.15, 0.2) is 30.3 Å². The number of nitrogens with zero attached hydrogens (tertiary/aromatic N) is 1. The average Bonchev–Trinajstić information content (AvgIpc) is 3.03. The molecular weight excluding hydrogens is 252 g/mol. The van der Waals surface area contributed by atoms with Crippen molar-refractivity contribution in [3.05, 3.63) is 30.3 Å². The van der Waals surface area contributed by atoms with E-state index in [-0.39, 0.29) is 0 Å². The van der Waals surface area contributed by atoms with E-state index in [4.69, 9.17) is 12.2 Å². The highest BCUT2D eigenvalue weighted by Crippen LogP contribution is 2.44. The number of rotatable bonds is 3. The summed E-state index contributed by atoms with van der Waals surface area (Å²) in [4.78, 5) is 2.20. The summed E-state index contributed by atoms with van der Waals surface area (Å²) < 4.78 is 0. The SMILES string of the molecule is CCN(C(=S)N[C@H]1C[C@H]2CC[C@H]1C2)c1ccccc1. The first kappa shape index (κ1) is 12.9. The van der Waals surface area contributed by atoms with Crippen molar-refractivity contribution in [1.82, 2.24) is 5.32 Å². The number of hydrogen-bond acceptors (Lipinski definition) is 1. The standard InChI is InChI=1S/C16H22N2S/c1-2-18(14-6-4-3-5-7-14)16(19)17-15-11-12-8-9-13(15)10-12/h3-7,12-13,15H,2,8-11H2,1H3,(H,17,19)/t12-,13-,15-/m0/s1. The van der Waals surface area contributed by atoms with Crippen LogP contribution in [0.4, 0.5) is 5.69 Å². The van der Waals surface area contributed by atoms with Gasteiger partial charge in [-0.2, -0.15) is 0 Å². The number of fused-ring (bicyclic) bond motifs is 2. The number of anilines is 1. The molecular formula is C16H22N2S. The van der Waals surface area contributed by atoms with Gasteiger partial charge < -0.3 is 10.2 Å². The van der Waals surface area contributed by atoms with Crippen molar-refractivity contribution in [3.63, 3.8) is 0 Å². The topological polar surface area (TPSA) is 15.3 Å². The number of thiocarbonyl (C=S) groups is 1. The van der Waals surface area contributed by atoms with Gasteiger partial charge in [0.1, 0.15) is 0 Å². The minimum atomic E-state index is 0.615. The van der Waals surface area contributed by atoms with Gasteiger partial charge in [-0.15, -0.1) is 0 Å². The average molecular weight is 274 g/mol. The lowest BCUT2D eigenvalue weighted by atomic mass is 9.95. The van der Waals surface area contributed by atoms with Crippen molar-refractivity contribution in [3.8, 4) is 0 Å². The van der Waals surface area contributed by atoms with Gasteiger partial charge >= 0.3 is 0 Å². The fraction of sp³-hybridized carbons (Fsp3) is 0.562. The predicted octanol–water partition coefficient (Wildman–Crippen LogP) is 3.58. The Morgan fingerprint density at radius 3 is 2.63 bits per heavy atom. The van der Waals surface area contributed by atoms with E-state index in [1.54, 1.807) is 0 Å². The van der Waals surface area contributed by atoms with Crippen molar-refractivity contribution in [2.75, 3.05) is 11.4 Å². The maximum absolute atomic E-state index is 5.62. The van der Waals surface area contributed by atoms with Gasteiger partial charge in [0.2, 0.25) is 0 Å². The van der Waals surface area contributed by atoms with E-state index in [1.807, 2.05) is 6.07 Å². The predicted molar refractivity (Wildman–Crippen MR) is 84.4 cm³/mol. The number of hydrogen-bond donors (Lipinski definition) is 1. The van der Waals surface area contributed by atoms with E-state index < -0.39 is 0 Å². The molecule has 0 unspecified atom stereocenters. The van der Waals surface area contributed by atoms with Gasteiger partial charge in [-0.25, -0.2) is 0 Å². The zero-order valence-electron chi connectivity index (χ0n) is 11.5. The van der Waals surface area contributed by atoms with Crippen molar-refractivity contribution < 1.29 is 0 Å². The van der Waals surface area contributed by atoms with Gasteiger partial charge in [0.05, 0.1) is 0 Å². The van der Waals surface area contributed by atoms with Crippen LogP contribution in [0.1, 0.15) is 32.6 Å². The molecule has 2 fully saturated rings. The van der Waals surface area contributed by atoms with Crippen LogP contribution in [-0.2, 0) is 0 Å². The molecule has 2 bridgehead atoms. The van der Waals surface area contributed by atoms with Crippen molar-refractivity contribution in [2.45, 2.75) is 38.6 Å². The van der Waals surface area contributed by atoms with Gasteiger partial charge in [0.25, 0.3) is 0 Å². The zero-order chi connectivity index (χ0) is 13.2. The first-order valence-electron chi connectivity index (χ1n) is 7.41. The third kappa shape index (κ3) is 2.62. The highest BCUT2D eigenvalue weighted by molar-refractivity contribution is 7.80. The van der Waals surface area contributed by atoms with E-state index in [9.17, 15) is 0 Å². The van der Waals surface area contributed by atoms with Gasteiger partial charge in [0, 0.05) is 18.3 Å². The molecule has 3 heteroatoms. The molecule has 3 atom stereocenters. The molecule has 2 aliphatic carbocycles. The number of nitrogens with one attached hydrogen (secondary N) is 1. The Morgan fingerprint density at radius 2 is 2.05 bits per heavy atom. The Labute approximate surface area is 121 Å². The van der Waals surface area contributed by atoms with Crippen LogP contribution in [0.3, 0.4) is 0 Å². The summed E-state index contributed by atoms with van der Waals surface area (Å²) in [5, 5.41) is 4.51. The minimum absolute atomic E-state index is 0.615. The monoisotopic (exact) mass is 274 g/mol. The van der Waals surface area contributed by atoms with Crippen LogP contribution >= 0.6 is 12.2 Å². The molecule has 1 aromatic carbocycles. The van der Waals surface area contributed by atoms with Gasteiger partial charge in [0.15, 0.2) is 5.11 Å². The second-order valence-electron chi connectivity index (χ2n) is 5.81. The Hall–Kier alpha value is -1.09. The minimum Gasteiger partial charge on any atom is -0.359 e. The van der Waals surface area contributed by atoms with Crippen LogP contribution in [-0.4, -0.2) is 17.7 Å². The first-order chi connectivity index (χ1) is 9.28. The fourth-order valence-corrected chi connectivity index (χ4v) is 4.10. The summed E-state index contributed by atoms with van der Waals surface area (Å²) in [5.74, 6) is 1.81. The highest BCUT2D eigenvalue weighted by Gasteiger charge is 2.39. The summed E-state index contributed by atoms with van der Waals surface area (Å²) >= 11 is 5.62. The quantitative estimate of drug-likeness (QED) is 0.848. The molecule has 3 rings (SSSR count). The Morgan fingerprint density at radius 1 is 1.26 bits per heavy atom. The van der Waals surface area contributed by atoms with Crippen LogP contribution < -0.4 is 10.2 Å². The Bertz CT molecular complexity index is 445. The van der Waals surface area contributed by atoms with Gasteiger partial charge in [-0.05, 0) is 62.4 Å². The zero-order valence-corrected chi connectivity index (χ0v) is 12.3. The lowest BCUT2D eigenvalue weighted by Crippen LogP contribution is -2.46. The lowest BCUT2D eigenvalue weighted by molar-refractivity contribution is 0.390. The molecule has 102 valence electrons. The first-order valence-corrected chi connectivity index (χ1v) is 7.82. The molecule has 0 radical (unpaired) electrons. The van der Waals surface area contributed by atoms with Gasteiger partial charge in [-0.3, -0.25) is 0 Å². The second-order valence-corrected chi connectivity index (χ2v) is 6.20. The third-order valence-corrected chi connectivity index (χ3v) is 5.01. The smallest absolute Gasteiger partial charge is 0.173 e. The summed E-state index contributed by atoms with van der Waals surface area (Å²) in [6, 6.07) is 11.0.